The lowest BCUT2D eigenvalue weighted by atomic mass is 10.0. The molecule has 0 N–H and O–H groups in total. The second-order valence-corrected chi connectivity index (χ2v) is 3.35. The molecule has 0 saturated heterocycles. The van der Waals surface area contributed by atoms with Crippen LogP contribution in [0.2, 0.25) is 0 Å². The van der Waals surface area contributed by atoms with Gasteiger partial charge in [-0.25, -0.2) is 0 Å². The summed E-state index contributed by atoms with van der Waals surface area (Å²) in [6, 6.07) is 0. The Morgan fingerprint density at radius 3 is 3.00 bits per heavy atom. The molecule has 68 valence electrons. The number of rotatable bonds is 3. The van der Waals surface area contributed by atoms with Gasteiger partial charge in [-0.2, -0.15) is 0 Å². The highest BCUT2D eigenvalue weighted by Crippen LogP contribution is 2.15. The number of carbonyl (C=O) groups is 1. The molecule has 0 aromatic rings. The average Bonchev–Trinajstić information content (AvgIpc) is 2.05. The molecular weight excluding hydrogens is 150 g/mol. The van der Waals surface area contributed by atoms with E-state index in [0.717, 1.165) is 37.9 Å². The zero-order valence-electron chi connectivity index (χ0n) is 7.97. The summed E-state index contributed by atoms with van der Waals surface area (Å²) >= 11 is 0. The fourth-order valence-electron chi connectivity index (χ4n) is 1.55. The molecule has 1 heterocycles. The monoisotopic (exact) mass is 167 g/mol. The van der Waals surface area contributed by atoms with Gasteiger partial charge in [0, 0.05) is 24.9 Å². The van der Waals surface area contributed by atoms with E-state index < -0.39 is 0 Å². The quantitative estimate of drug-likeness (QED) is 0.640. The molecule has 2 nitrogen and oxygen atoms in total. The number of allylic oxidation sites excluding steroid dienone is 1. The molecule has 0 aromatic heterocycles. The predicted octanol–water partition coefficient (Wildman–Crippen LogP) is 1.97. The lowest BCUT2D eigenvalue weighted by molar-refractivity contribution is -0.113. The van der Waals surface area contributed by atoms with Crippen molar-refractivity contribution in [3.63, 3.8) is 0 Å². The summed E-state index contributed by atoms with van der Waals surface area (Å²) in [5.41, 5.74) is 0.995. The van der Waals surface area contributed by atoms with Crippen LogP contribution in [0, 0.1) is 0 Å². The number of nitrogens with zero attached hydrogens (tertiary/aromatic N) is 1. The number of carbonyl (C=O) groups excluding carboxylic acids is 1. The molecule has 0 aliphatic carbocycles. The summed E-state index contributed by atoms with van der Waals surface area (Å²) < 4.78 is 0. The fraction of sp³-hybridized carbons (Fsp3) is 0.700. The molecule has 12 heavy (non-hydrogen) atoms. The van der Waals surface area contributed by atoms with Gasteiger partial charge < -0.3 is 4.90 Å². The van der Waals surface area contributed by atoms with Crippen molar-refractivity contribution in [3.8, 4) is 0 Å². The Hall–Kier alpha value is -0.790. The third-order valence-corrected chi connectivity index (χ3v) is 2.19. The van der Waals surface area contributed by atoms with Gasteiger partial charge in [0.25, 0.3) is 0 Å². The van der Waals surface area contributed by atoms with E-state index in [1.165, 1.54) is 0 Å². The van der Waals surface area contributed by atoms with E-state index in [0.29, 0.717) is 0 Å². The Balaban J connectivity index is 2.57. The smallest absolute Gasteiger partial charge is 0.157 e. The van der Waals surface area contributed by atoms with Crippen molar-refractivity contribution in [1.29, 1.82) is 0 Å². The predicted molar refractivity (Wildman–Crippen MR) is 49.9 cm³/mol. The lowest BCUT2D eigenvalue weighted by Crippen LogP contribution is -2.25. The molecule has 1 aliphatic heterocycles. The number of hydrogen-bond acceptors (Lipinski definition) is 2. The van der Waals surface area contributed by atoms with Crippen LogP contribution < -0.4 is 0 Å². The van der Waals surface area contributed by atoms with E-state index in [1.54, 1.807) is 6.92 Å². The molecule has 0 unspecified atom stereocenters. The maximum absolute atomic E-state index is 11.1. The van der Waals surface area contributed by atoms with Crippen molar-refractivity contribution in [3.05, 3.63) is 11.8 Å². The van der Waals surface area contributed by atoms with Gasteiger partial charge in [-0.3, -0.25) is 4.79 Å². The Labute approximate surface area is 74.2 Å². The Morgan fingerprint density at radius 2 is 2.42 bits per heavy atom. The molecule has 1 rings (SSSR count). The summed E-state index contributed by atoms with van der Waals surface area (Å²) in [4.78, 5) is 13.3. The van der Waals surface area contributed by atoms with Gasteiger partial charge in [0.2, 0.25) is 0 Å². The average molecular weight is 167 g/mol. The van der Waals surface area contributed by atoms with Crippen molar-refractivity contribution in [2.45, 2.75) is 33.1 Å². The molecule has 2 heteroatoms. The molecule has 0 bridgehead atoms. The first-order valence-corrected chi connectivity index (χ1v) is 4.69. The Morgan fingerprint density at radius 1 is 1.67 bits per heavy atom. The first kappa shape index (κ1) is 9.30. The molecule has 0 radical (unpaired) electrons. The van der Waals surface area contributed by atoms with Crippen LogP contribution in [0.3, 0.4) is 0 Å². The minimum absolute atomic E-state index is 0.232. The summed E-state index contributed by atoms with van der Waals surface area (Å²) in [7, 11) is 0. The topological polar surface area (TPSA) is 20.3 Å². The van der Waals surface area contributed by atoms with Crippen molar-refractivity contribution >= 4 is 5.78 Å². The number of hydrogen-bond donors (Lipinski definition) is 0. The molecule has 0 amide bonds. The third kappa shape index (κ3) is 2.36. The van der Waals surface area contributed by atoms with Crippen molar-refractivity contribution in [2.24, 2.45) is 0 Å². The van der Waals surface area contributed by atoms with Crippen LogP contribution in [-0.2, 0) is 4.79 Å². The molecular formula is C10H17NO. The summed E-state index contributed by atoms with van der Waals surface area (Å²) in [6.45, 7) is 6.01. The van der Waals surface area contributed by atoms with Gasteiger partial charge in [-0.1, -0.05) is 6.92 Å². The molecule has 0 aromatic carbocycles. The van der Waals surface area contributed by atoms with Crippen molar-refractivity contribution < 1.29 is 4.79 Å². The highest BCUT2D eigenvalue weighted by atomic mass is 16.1. The first-order chi connectivity index (χ1) is 5.74. The second kappa shape index (κ2) is 4.29. The van der Waals surface area contributed by atoms with Gasteiger partial charge in [-0.15, -0.1) is 0 Å². The molecule has 0 fully saturated rings. The van der Waals surface area contributed by atoms with Gasteiger partial charge in [-0.05, 0) is 26.2 Å². The van der Waals surface area contributed by atoms with E-state index in [9.17, 15) is 4.79 Å². The maximum atomic E-state index is 11.1. The molecule has 0 atom stereocenters. The van der Waals surface area contributed by atoms with Crippen molar-refractivity contribution in [1.82, 2.24) is 4.90 Å². The normalized spacial score (nSPS) is 17.5. The first-order valence-electron chi connectivity index (χ1n) is 4.69. The van der Waals surface area contributed by atoms with Crippen LogP contribution in [0.4, 0.5) is 0 Å². The van der Waals surface area contributed by atoms with Crippen LogP contribution in [0.25, 0.3) is 0 Å². The maximum Gasteiger partial charge on any atom is 0.157 e. The largest absolute Gasteiger partial charge is 0.377 e. The zero-order valence-corrected chi connectivity index (χ0v) is 7.97. The summed E-state index contributed by atoms with van der Waals surface area (Å²) in [6.07, 6.45) is 5.29. The van der Waals surface area contributed by atoms with E-state index in [2.05, 4.69) is 11.8 Å². The fourth-order valence-corrected chi connectivity index (χ4v) is 1.55. The van der Waals surface area contributed by atoms with E-state index in [1.807, 2.05) is 6.20 Å². The van der Waals surface area contributed by atoms with E-state index in [4.69, 9.17) is 0 Å². The number of ketones is 1. The van der Waals surface area contributed by atoms with E-state index >= 15 is 0 Å². The highest BCUT2D eigenvalue weighted by Gasteiger charge is 2.11. The third-order valence-electron chi connectivity index (χ3n) is 2.19. The highest BCUT2D eigenvalue weighted by molar-refractivity contribution is 5.93. The van der Waals surface area contributed by atoms with Crippen LogP contribution in [-0.4, -0.2) is 23.8 Å². The van der Waals surface area contributed by atoms with Crippen LogP contribution in [0.1, 0.15) is 33.1 Å². The SMILES string of the molecule is CCCN1C=C(C(C)=O)CCC1. The summed E-state index contributed by atoms with van der Waals surface area (Å²) in [5, 5.41) is 0. The molecule has 0 saturated carbocycles. The van der Waals surface area contributed by atoms with Crippen LogP contribution in [0.15, 0.2) is 11.8 Å². The Bertz CT molecular complexity index is 196. The Kier molecular flexibility index (Phi) is 3.32. The van der Waals surface area contributed by atoms with Gasteiger partial charge in [0.15, 0.2) is 5.78 Å². The van der Waals surface area contributed by atoms with E-state index in [-0.39, 0.29) is 5.78 Å². The van der Waals surface area contributed by atoms with Crippen LogP contribution >= 0.6 is 0 Å². The van der Waals surface area contributed by atoms with Crippen LogP contribution in [0.5, 0.6) is 0 Å². The minimum Gasteiger partial charge on any atom is -0.377 e. The molecule has 1 aliphatic rings. The number of Topliss-reactive ketones (excluding diaryl/α,β-unsaturated/α-hetero) is 1. The lowest BCUT2D eigenvalue weighted by Gasteiger charge is -2.25. The van der Waals surface area contributed by atoms with Gasteiger partial charge in [0.05, 0.1) is 0 Å². The summed E-state index contributed by atoms with van der Waals surface area (Å²) in [5.74, 6) is 0.232. The second-order valence-electron chi connectivity index (χ2n) is 3.35. The minimum atomic E-state index is 0.232. The molecule has 0 spiro atoms. The van der Waals surface area contributed by atoms with Crippen molar-refractivity contribution in [2.75, 3.05) is 13.1 Å². The zero-order chi connectivity index (χ0) is 8.97. The van der Waals surface area contributed by atoms with Gasteiger partial charge in [0.1, 0.15) is 0 Å². The van der Waals surface area contributed by atoms with Gasteiger partial charge >= 0.3 is 0 Å². The standard InChI is InChI=1S/C10H17NO/c1-3-6-11-7-4-5-10(8-11)9(2)12/h8H,3-7H2,1-2H3.